The van der Waals surface area contributed by atoms with Gasteiger partial charge in [-0.3, -0.25) is 19.2 Å². The predicted octanol–water partition coefficient (Wildman–Crippen LogP) is 0.345. The molecule has 1 aromatic heterocycles. The number of hydrogen-bond donors (Lipinski definition) is 2. The molecule has 1 aliphatic rings. The molecular weight excluding hydrogens is 346 g/mol. The zero-order chi connectivity index (χ0) is 19.2. The van der Waals surface area contributed by atoms with Gasteiger partial charge in [-0.05, 0) is 19.1 Å². The molecule has 0 atom stereocenters. The molecule has 0 bridgehead atoms. The third kappa shape index (κ3) is 4.65. The fourth-order valence-corrected chi connectivity index (χ4v) is 3.16. The second kappa shape index (κ2) is 8.98. The van der Waals surface area contributed by atoms with Crippen LogP contribution in [0, 0.1) is 6.92 Å². The maximum absolute atomic E-state index is 12.8. The molecule has 0 aliphatic carbocycles. The van der Waals surface area contributed by atoms with E-state index in [9.17, 15) is 9.59 Å². The van der Waals surface area contributed by atoms with Crippen LogP contribution < -0.4 is 16.2 Å². The largest absolute Gasteiger partial charge is 0.379 e. The lowest BCUT2D eigenvalue weighted by atomic mass is 10.3. The van der Waals surface area contributed by atoms with Gasteiger partial charge in [-0.15, -0.1) is 0 Å². The van der Waals surface area contributed by atoms with Crippen LogP contribution in [-0.2, 0) is 16.6 Å². The summed E-state index contributed by atoms with van der Waals surface area (Å²) < 4.78 is 8.62. The highest BCUT2D eigenvalue weighted by Crippen LogP contribution is 2.13. The number of benzene rings is 1. The molecule has 27 heavy (non-hydrogen) atoms. The van der Waals surface area contributed by atoms with Crippen LogP contribution in [0.1, 0.15) is 5.69 Å². The number of para-hydroxylation sites is 1. The van der Waals surface area contributed by atoms with Crippen molar-refractivity contribution in [1.82, 2.24) is 19.6 Å². The minimum atomic E-state index is -0.233. The van der Waals surface area contributed by atoms with E-state index in [0.717, 1.165) is 45.1 Å². The molecule has 1 fully saturated rings. The molecule has 0 spiro atoms. The fourth-order valence-electron chi connectivity index (χ4n) is 3.16. The van der Waals surface area contributed by atoms with Crippen molar-refractivity contribution in [2.75, 3.05) is 51.3 Å². The standard InChI is InChI=1S/C19H27N5O3/c1-15-18(19(26)24(22(15)2)16-6-4-3-5-7-16)21-17(25)14-20-8-9-23-10-12-27-13-11-23/h3-7,20H,8-14H2,1-2H3,(H,21,25). The Bertz CT molecular complexity index is 822. The van der Waals surface area contributed by atoms with E-state index in [4.69, 9.17) is 4.74 Å². The SMILES string of the molecule is Cc1c(NC(=O)CNCCN2CCOCC2)c(=O)n(-c2ccccc2)n1C. The Morgan fingerprint density at radius 1 is 1.19 bits per heavy atom. The number of rotatable bonds is 7. The van der Waals surface area contributed by atoms with E-state index in [0.29, 0.717) is 11.4 Å². The van der Waals surface area contributed by atoms with Gasteiger partial charge in [0.15, 0.2) is 0 Å². The Morgan fingerprint density at radius 3 is 2.59 bits per heavy atom. The van der Waals surface area contributed by atoms with E-state index < -0.39 is 0 Å². The average Bonchev–Trinajstić information content (AvgIpc) is 2.90. The maximum Gasteiger partial charge on any atom is 0.295 e. The Labute approximate surface area is 158 Å². The van der Waals surface area contributed by atoms with E-state index in [1.807, 2.05) is 37.3 Å². The Balaban J connectivity index is 1.57. The van der Waals surface area contributed by atoms with Gasteiger partial charge in [0.25, 0.3) is 5.56 Å². The summed E-state index contributed by atoms with van der Waals surface area (Å²) in [7, 11) is 1.81. The number of nitrogens with one attached hydrogen (secondary N) is 2. The molecule has 1 saturated heterocycles. The van der Waals surface area contributed by atoms with Gasteiger partial charge in [0, 0.05) is 33.2 Å². The molecule has 3 rings (SSSR count). The summed E-state index contributed by atoms with van der Waals surface area (Å²) in [6.45, 7) is 6.97. The molecule has 2 N–H and O–H groups in total. The number of nitrogens with zero attached hydrogens (tertiary/aromatic N) is 3. The Morgan fingerprint density at radius 2 is 1.89 bits per heavy atom. The van der Waals surface area contributed by atoms with E-state index in [1.54, 1.807) is 16.4 Å². The van der Waals surface area contributed by atoms with Crippen molar-refractivity contribution < 1.29 is 9.53 Å². The van der Waals surface area contributed by atoms with E-state index in [1.165, 1.54) is 0 Å². The highest BCUT2D eigenvalue weighted by molar-refractivity contribution is 5.92. The number of anilines is 1. The summed E-state index contributed by atoms with van der Waals surface area (Å²) in [5.74, 6) is -0.219. The van der Waals surface area contributed by atoms with Crippen molar-refractivity contribution in [3.63, 3.8) is 0 Å². The monoisotopic (exact) mass is 373 g/mol. The van der Waals surface area contributed by atoms with Crippen molar-refractivity contribution in [2.24, 2.45) is 7.05 Å². The lowest BCUT2D eigenvalue weighted by molar-refractivity contribution is -0.115. The first-order chi connectivity index (χ1) is 13.1. The van der Waals surface area contributed by atoms with Crippen molar-refractivity contribution in [1.29, 1.82) is 0 Å². The third-order valence-electron chi connectivity index (χ3n) is 4.81. The molecule has 2 aromatic rings. The van der Waals surface area contributed by atoms with Crippen molar-refractivity contribution >= 4 is 11.6 Å². The number of aromatic nitrogens is 2. The van der Waals surface area contributed by atoms with Gasteiger partial charge in [0.1, 0.15) is 5.69 Å². The van der Waals surface area contributed by atoms with Crippen LogP contribution in [0.5, 0.6) is 0 Å². The fraction of sp³-hybridized carbons (Fsp3) is 0.474. The van der Waals surface area contributed by atoms with Crippen molar-refractivity contribution in [3.05, 3.63) is 46.4 Å². The summed E-state index contributed by atoms with van der Waals surface area (Å²) in [6.07, 6.45) is 0. The van der Waals surface area contributed by atoms with Gasteiger partial charge in [-0.1, -0.05) is 18.2 Å². The first-order valence-electron chi connectivity index (χ1n) is 9.22. The summed E-state index contributed by atoms with van der Waals surface area (Å²) in [5, 5.41) is 5.89. The van der Waals surface area contributed by atoms with E-state index in [-0.39, 0.29) is 18.0 Å². The quantitative estimate of drug-likeness (QED) is 0.685. The number of carbonyl (C=O) groups excluding carboxylic acids is 1. The number of ether oxygens (including phenoxy) is 1. The molecule has 8 nitrogen and oxygen atoms in total. The molecule has 146 valence electrons. The molecule has 0 saturated carbocycles. The second-order valence-corrected chi connectivity index (χ2v) is 6.62. The minimum absolute atomic E-state index is 0.170. The molecule has 0 radical (unpaired) electrons. The van der Waals surface area contributed by atoms with Crippen LogP contribution in [0.4, 0.5) is 5.69 Å². The van der Waals surface area contributed by atoms with Crippen LogP contribution in [0.15, 0.2) is 35.1 Å². The smallest absolute Gasteiger partial charge is 0.295 e. The van der Waals surface area contributed by atoms with Crippen LogP contribution >= 0.6 is 0 Å². The highest BCUT2D eigenvalue weighted by atomic mass is 16.5. The lowest BCUT2D eigenvalue weighted by Gasteiger charge is -2.26. The van der Waals surface area contributed by atoms with Gasteiger partial charge < -0.3 is 15.4 Å². The molecule has 0 unspecified atom stereocenters. The summed E-state index contributed by atoms with van der Waals surface area (Å²) in [4.78, 5) is 27.3. The highest BCUT2D eigenvalue weighted by Gasteiger charge is 2.18. The van der Waals surface area contributed by atoms with Gasteiger partial charge in [-0.25, -0.2) is 4.68 Å². The molecule has 8 heteroatoms. The van der Waals surface area contributed by atoms with Gasteiger partial charge >= 0.3 is 0 Å². The molecule has 2 heterocycles. The maximum atomic E-state index is 12.8. The number of amides is 1. The van der Waals surface area contributed by atoms with Gasteiger partial charge in [0.05, 0.1) is 31.1 Å². The number of morpholine rings is 1. The van der Waals surface area contributed by atoms with E-state index in [2.05, 4.69) is 15.5 Å². The van der Waals surface area contributed by atoms with Gasteiger partial charge in [-0.2, -0.15) is 0 Å². The lowest BCUT2D eigenvalue weighted by Crippen LogP contribution is -2.41. The molecule has 1 amide bonds. The topological polar surface area (TPSA) is 80.5 Å². The predicted molar refractivity (Wildman–Crippen MR) is 105 cm³/mol. The molecule has 1 aliphatic heterocycles. The molecular formula is C19H27N5O3. The first-order valence-corrected chi connectivity index (χ1v) is 9.22. The van der Waals surface area contributed by atoms with Crippen LogP contribution in [0.3, 0.4) is 0 Å². The zero-order valence-corrected chi connectivity index (χ0v) is 15.9. The third-order valence-corrected chi connectivity index (χ3v) is 4.81. The number of hydrogen-bond acceptors (Lipinski definition) is 5. The zero-order valence-electron chi connectivity index (χ0n) is 15.9. The van der Waals surface area contributed by atoms with Crippen molar-refractivity contribution in [3.8, 4) is 5.69 Å². The minimum Gasteiger partial charge on any atom is -0.379 e. The second-order valence-electron chi connectivity index (χ2n) is 6.62. The van der Waals surface area contributed by atoms with E-state index >= 15 is 0 Å². The summed E-state index contributed by atoms with van der Waals surface area (Å²) in [5.41, 5.74) is 1.56. The van der Waals surface area contributed by atoms with Crippen LogP contribution in [0.2, 0.25) is 0 Å². The summed E-state index contributed by atoms with van der Waals surface area (Å²) >= 11 is 0. The Kier molecular flexibility index (Phi) is 6.44. The van der Waals surface area contributed by atoms with Gasteiger partial charge in [0.2, 0.25) is 5.91 Å². The average molecular weight is 373 g/mol. The first kappa shape index (κ1) is 19.3. The number of carbonyl (C=O) groups is 1. The molecule has 1 aromatic carbocycles. The normalized spacial score (nSPS) is 15.0. The summed E-state index contributed by atoms with van der Waals surface area (Å²) in [6, 6.07) is 9.37. The van der Waals surface area contributed by atoms with Crippen LogP contribution in [-0.4, -0.2) is 66.1 Å². The van der Waals surface area contributed by atoms with Crippen molar-refractivity contribution in [2.45, 2.75) is 6.92 Å². The van der Waals surface area contributed by atoms with Crippen LogP contribution in [0.25, 0.3) is 5.69 Å². The Hall–Kier alpha value is -2.42.